The first kappa shape index (κ1) is 21.9. The van der Waals surface area contributed by atoms with Crippen molar-refractivity contribution in [2.75, 3.05) is 13.1 Å². The van der Waals surface area contributed by atoms with E-state index >= 15 is 0 Å². The molecule has 1 aromatic heterocycles. The maximum Gasteiger partial charge on any atom is 0.220 e. The minimum absolute atomic E-state index is 0.185. The maximum atomic E-state index is 12.5. The zero-order chi connectivity index (χ0) is 21.1. The van der Waals surface area contributed by atoms with E-state index in [4.69, 9.17) is 0 Å². The highest BCUT2D eigenvalue weighted by Crippen LogP contribution is 2.38. The van der Waals surface area contributed by atoms with Gasteiger partial charge >= 0.3 is 0 Å². The molecule has 0 aliphatic carbocycles. The first-order chi connectivity index (χ1) is 13.9. The highest BCUT2D eigenvalue weighted by atomic mass is 16.2. The SMILES string of the molecule is CCC(C)N(CCCC1c2c(c3ccccc3n2C)CCN1C(C)=O)C(C)CC. The zero-order valence-electron chi connectivity index (χ0n) is 19.2. The van der Waals surface area contributed by atoms with Gasteiger partial charge in [-0.15, -0.1) is 0 Å². The number of carbonyl (C=O) groups excluding carboxylic acids is 1. The molecule has 4 nitrogen and oxygen atoms in total. The minimum atomic E-state index is 0.185. The van der Waals surface area contributed by atoms with Gasteiger partial charge in [-0.25, -0.2) is 0 Å². The average molecular weight is 398 g/mol. The molecular formula is C25H39N3O. The van der Waals surface area contributed by atoms with Gasteiger partial charge in [0, 0.05) is 49.2 Å². The second kappa shape index (κ2) is 9.34. The fourth-order valence-electron chi connectivity index (χ4n) is 5.20. The predicted molar refractivity (Wildman–Crippen MR) is 122 cm³/mol. The van der Waals surface area contributed by atoms with E-state index in [1.54, 1.807) is 6.92 Å². The second-order valence-electron chi connectivity index (χ2n) is 8.81. The van der Waals surface area contributed by atoms with Crippen LogP contribution in [-0.4, -0.2) is 45.4 Å². The molecule has 0 fully saturated rings. The largest absolute Gasteiger partial charge is 0.346 e. The van der Waals surface area contributed by atoms with Gasteiger partial charge in [-0.3, -0.25) is 9.69 Å². The number of nitrogens with zero attached hydrogens (tertiary/aromatic N) is 3. The number of aromatic nitrogens is 1. The van der Waals surface area contributed by atoms with Gasteiger partial charge in [-0.1, -0.05) is 32.0 Å². The van der Waals surface area contributed by atoms with Crippen LogP contribution in [-0.2, 0) is 18.3 Å². The van der Waals surface area contributed by atoms with E-state index in [0.717, 1.165) is 32.4 Å². The van der Waals surface area contributed by atoms with Crippen molar-refractivity contribution in [3.63, 3.8) is 0 Å². The molecule has 3 atom stereocenters. The molecule has 0 saturated heterocycles. The van der Waals surface area contributed by atoms with Gasteiger partial charge in [0.1, 0.15) is 0 Å². The molecule has 0 bridgehead atoms. The molecule has 1 amide bonds. The van der Waals surface area contributed by atoms with E-state index in [1.807, 2.05) is 0 Å². The van der Waals surface area contributed by atoms with E-state index < -0.39 is 0 Å². The summed E-state index contributed by atoms with van der Waals surface area (Å²) >= 11 is 0. The van der Waals surface area contributed by atoms with Gasteiger partial charge in [0.15, 0.2) is 0 Å². The molecular weight excluding hydrogens is 358 g/mol. The molecule has 0 N–H and O–H groups in total. The van der Waals surface area contributed by atoms with E-state index in [2.05, 4.69) is 73.4 Å². The molecule has 1 aromatic carbocycles. The lowest BCUT2D eigenvalue weighted by Gasteiger charge is -2.38. The molecule has 1 aliphatic heterocycles. The smallest absolute Gasteiger partial charge is 0.220 e. The molecule has 2 aromatic rings. The number of carbonyl (C=O) groups is 1. The Bertz CT molecular complexity index is 830. The van der Waals surface area contributed by atoms with Crippen LogP contribution in [0.25, 0.3) is 10.9 Å². The van der Waals surface area contributed by atoms with Gasteiger partial charge < -0.3 is 9.47 Å². The Balaban J connectivity index is 1.86. The summed E-state index contributed by atoms with van der Waals surface area (Å²) in [6.07, 6.45) is 5.46. The van der Waals surface area contributed by atoms with Crippen molar-refractivity contribution in [2.45, 2.75) is 84.8 Å². The number of benzene rings is 1. The van der Waals surface area contributed by atoms with Gasteiger partial charge in [0.05, 0.1) is 6.04 Å². The molecule has 3 rings (SSSR count). The summed E-state index contributed by atoms with van der Waals surface area (Å²) in [5.74, 6) is 0.201. The molecule has 2 heterocycles. The van der Waals surface area contributed by atoms with Crippen molar-refractivity contribution in [2.24, 2.45) is 7.05 Å². The Morgan fingerprint density at radius 1 is 1.17 bits per heavy atom. The van der Waals surface area contributed by atoms with Crippen LogP contribution in [0.15, 0.2) is 24.3 Å². The first-order valence-corrected chi connectivity index (χ1v) is 11.5. The maximum absolute atomic E-state index is 12.5. The highest BCUT2D eigenvalue weighted by molar-refractivity contribution is 5.86. The first-order valence-electron chi connectivity index (χ1n) is 11.5. The predicted octanol–water partition coefficient (Wildman–Crippen LogP) is 5.30. The van der Waals surface area contributed by atoms with Crippen LogP contribution >= 0.6 is 0 Å². The van der Waals surface area contributed by atoms with Crippen LogP contribution in [0.5, 0.6) is 0 Å². The van der Waals surface area contributed by atoms with Crippen molar-refractivity contribution < 1.29 is 4.79 Å². The Hall–Kier alpha value is -1.81. The third-order valence-corrected chi connectivity index (χ3v) is 7.17. The third kappa shape index (κ3) is 4.23. The van der Waals surface area contributed by atoms with Crippen molar-refractivity contribution in [1.82, 2.24) is 14.4 Å². The summed E-state index contributed by atoms with van der Waals surface area (Å²) in [6, 6.07) is 10.1. The van der Waals surface area contributed by atoms with Gasteiger partial charge in [-0.05, 0) is 64.1 Å². The Kier molecular flexibility index (Phi) is 7.05. The summed E-state index contributed by atoms with van der Waals surface area (Å²) in [4.78, 5) is 17.2. The lowest BCUT2D eigenvalue weighted by atomic mass is 9.93. The topological polar surface area (TPSA) is 28.5 Å². The fourth-order valence-corrected chi connectivity index (χ4v) is 5.20. The molecule has 29 heavy (non-hydrogen) atoms. The van der Waals surface area contributed by atoms with E-state index in [9.17, 15) is 4.79 Å². The van der Waals surface area contributed by atoms with Crippen molar-refractivity contribution in [3.8, 4) is 0 Å². The minimum Gasteiger partial charge on any atom is -0.346 e. The van der Waals surface area contributed by atoms with Crippen molar-refractivity contribution >= 4 is 16.8 Å². The monoisotopic (exact) mass is 397 g/mol. The zero-order valence-corrected chi connectivity index (χ0v) is 19.2. The van der Waals surface area contributed by atoms with Crippen molar-refractivity contribution in [1.29, 1.82) is 0 Å². The molecule has 3 unspecified atom stereocenters. The third-order valence-electron chi connectivity index (χ3n) is 7.17. The van der Waals surface area contributed by atoms with Crippen LogP contribution in [0, 0.1) is 0 Å². The number of para-hydroxylation sites is 1. The van der Waals surface area contributed by atoms with Crippen LogP contribution in [0.1, 0.15) is 77.6 Å². The summed E-state index contributed by atoms with van der Waals surface area (Å²) < 4.78 is 2.34. The van der Waals surface area contributed by atoms with E-state index in [0.29, 0.717) is 12.1 Å². The van der Waals surface area contributed by atoms with Crippen LogP contribution in [0.2, 0.25) is 0 Å². The standard InChI is InChI=1S/C25H39N3O/c1-7-18(3)27(19(4)8-2)16-11-14-24-25-22(15-17-28(24)20(5)29)21-12-9-10-13-23(21)26(25)6/h9-10,12-13,18-19,24H,7-8,11,14-17H2,1-6H3. The van der Waals surface area contributed by atoms with Gasteiger partial charge in [0.2, 0.25) is 5.91 Å². The molecule has 160 valence electrons. The molecule has 0 spiro atoms. The number of fused-ring (bicyclic) bond motifs is 3. The summed E-state index contributed by atoms with van der Waals surface area (Å²) in [6.45, 7) is 12.9. The molecule has 4 heteroatoms. The van der Waals surface area contributed by atoms with Crippen LogP contribution in [0.3, 0.4) is 0 Å². The Labute approximate surface area is 176 Å². The lowest BCUT2D eigenvalue weighted by molar-refractivity contribution is -0.132. The average Bonchev–Trinajstić information content (AvgIpc) is 3.02. The quantitative estimate of drug-likeness (QED) is 0.604. The molecule has 0 radical (unpaired) electrons. The van der Waals surface area contributed by atoms with Gasteiger partial charge in [0.25, 0.3) is 0 Å². The fraction of sp³-hybridized carbons (Fsp3) is 0.640. The molecule has 0 saturated carbocycles. The number of hydrogen-bond acceptors (Lipinski definition) is 2. The second-order valence-corrected chi connectivity index (χ2v) is 8.81. The Morgan fingerprint density at radius 2 is 1.83 bits per heavy atom. The summed E-state index contributed by atoms with van der Waals surface area (Å²) in [5.41, 5.74) is 4.09. The highest BCUT2D eigenvalue weighted by Gasteiger charge is 2.33. The molecule has 1 aliphatic rings. The Morgan fingerprint density at radius 3 is 2.45 bits per heavy atom. The van der Waals surface area contributed by atoms with Crippen LogP contribution in [0.4, 0.5) is 0 Å². The van der Waals surface area contributed by atoms with E-state index in [1.165, 1.54) is 35.0 Å². The van der Waals surface area contributed by atoms with Gasteiger partial charge in [-0.2, -0.15) is 0 Å². The number of amides is 1. The summed E-state index contributed by atoms with van der Waals surface area (Å²) in [5, 5.41) is 1.36. The number of aryl methyl sites for hydroxylation is 1. The van der Waals surface area contributed by atoms with Crippen molar-refractivity contribution in [3.05, 3.63) is 35.5 Å². The van der Waals surface area contributed by atoms with Crippen LogP contribution < -0.4 is 0 Å². The summed E-state index contributed by atoms with van der Waals surface area (Å²) in [7, 11) is 2.17. The number of hydrogen-bond donors (Lipinski definition) is 0. The lowest BCUT2D eigenvalue weighted by Crippen LogP contribution is -2.42. The number of rotatable bonds is 8. The van der Waals surface area contributed by atoms with E-state index in [-0.39, 0.29) is 11.9 Å². The normalized spacial score (nSPS) is 18.9.